The van der Waals surface area contributed by atoms with Gasteiger partial charge in [-0.2, -0.15) is 9.52 Å². The molecular formula is C16H13F2N5O3S. The van der Waals surface area contributed by atoms with Crippen molar-refractivity contribution in [3.05, 3.63) is 53.6 Å². The molecule has 0 radical (unpaired) electrons. The summed E-state index contributed by atoms with van der Waals surface area (Å²) in [6.45, 7) is 0.106. The topological polar surface area (TPSA) is 101 Å². The Bertz CT molecular complexity index is 1090. The number of fused-ring (bicyclic) bond motifs is 1. The van der Waals surface area contributed by atoms with E-state index in [1.54, 1.807) is 0 Å². The third-order valence-corrected chi connectivity index (χ3v) is 5.97. The smallest absolute Gasteiger partial charge is 0.243 e. The highest BCUT2D eigenvalue weighted by molar-refractivity contribution is 7.89. The summed E-state index contributed by atoms with van der Waals surface area (Å²) in [4.78, 5) is -0.136. The van der Waals surface area contributed by atoms with Crippen LogP contribution in [0.4, 0.5) is 8.78 Å². The number of H-pyrrole nitrogens is 1. The SMILES string of the molecule is O=S(=O)(c1ccc(F)c(-c2nn[nH]n2)c1)N1CCOc2ccc(F)cc2C1. The summed E-state index contributed by atoms with van der Waals surface area (Å²) >= 11 is 0. The van der Waals surface area contributed by atoms with Gasteiger partial charge in [-0.05, 0) is 41.6 Å². The predicted molar refractivity (Wildman–Crippen MR) is 89.1 cm³/mol. The van der Waals surface area contributed by atoms with Crippen molar-refractivity contribution in [2.45, 2.75) is 11.4 Å². The van der Waals surface area contributed by atoms with E-state index in [2.05, 4.69) is 20.6 Å². The second kappa shape index (κ2) is 6.67. The molecule has 0 spiro atoms. The van der Waals surface area contributed by atoms with Crippen molar-refractivity contribution >= 4 is 10.0 Å². The van der Waals surface area contributed by atoms with E-state index in [1.807, 2.05) is 0 Å². The van der Waals surface area contributed by atoms with Gasteiger partial charge in [0.25, 0.3) is 0 Å². The van der Waals surface area contributed by atoms with Crippen LogP contribution in [-0.4, -0.2) is 46.5 Å². The van der Waals surface area contributed by atoms with E-state index in [0.29, 0.717) is 11.3 Å². The summed E-state index contributed by atoms with van der Waals surface area (Å²) in [5, 5.41) is 12.9. The third kappa shape index (κ3) is 3.26. The number of sulfonamides is 1. The number of benzene rings is 2. The standard InChI is InChI=1S/C16H13F2N5O3S/c17-11-1-4-15-10(7-11)9-23(5-6-26-15)27(24,25)12-2-3-14(18)13(8-12)16-19-21-22-20-16/h1-4,7-8H,5-6,9H2,(H,19,20,21,22). The first-order valence-corrected chi connectivity index (χ1v) is 9.34. The Morgan fingerprint density at radius 2 is 2.00 bits per heavy atom. The highest BCUT2D eigenvalue weighted by Gasteiger charge is 2.29. The summed E-state index contributed by atoms with van der Waals surface area (Å²) in [6, 6.07) is 7.28. The fourth-order valence-electron chi connectivity index (χ4n) is 2.81. The molecule has 1 aromatic heterocycles. The van der Waals surface area contributed by atoms with Gasteiger partial charge in [-0.15, -0.1) is 10.2 Å². The predicted octanol–water partition coefficient (Wildman–Crippen LogP) is 1.73. The quantitative estimate of drug-likeness (QED) is 0.727. The summed E-state index contributed by atoms with van der Waals surface area (Å²) in [7, 11) is -3.99. The first-order chi connectivity index (χ1) is 12.9. The van der Waals surface area contributed by atoms with Gasteiger partial charge >= 0.3 is 0 Å². The number of tetrazole rings is 1. The van der Waals surface area contributed by atoms with E-state index < -0.39 is 21.7 Å². The van der Waals surface area contributed by atoms with Gasteiger partial charge in [-0.25, -0.2) is 17.2 Å². The number of aromatic amines is 1. The van der Waals surface area contributed by atoms with Gasteiger partial charge in [0, 0.05) is 18.7 Å². The lowest BCUT2D eigenvalue weighted by Crippen LogP contribution is -2.32. The number of hydrogen-bond donors (Lipinski definition) is 1. The van der Waals surface area contributed by atoms with Crippen molar-refractivity contribution < 1.29 is 21.9 Å². The summed E-state index contributed by atoms with van der Waals surface area (Å²) < 4.78 is 60.4. The molecule has 0 saturated carbocycles. The van der Waals surface area contributed by atoms with E-state index in [4.69, 9.17) is 4.74 Å². The van der Waals surface area contributed by atoms with Crippen LogP contribution in [0.3, 0.4) is 0 Å². The molecule has 0 amide bonds. The normalized spacial score (nSPS) is 15.0. The van der Waals surface area contributed by atoms with Gasteiger partial charge in [0.1, 0.15) is 24.0 Å². The minimum absolute atomic E-state index is 0.0591. The van der Waals surface area contributed by atoms with Gasteiger partial charge in [0.15, 0.2) is 0 Å². The zero-order valence-electron chi connectivity index (χ0n) is 13.8. The molecule has 0 atom stereocenters. The van der Waals surface area contributed by atoms with Gasteiger partial charge in [-0.3, -0.25) is 0 Å². The summed E-state index contributed by atoms with van der Waals surface area (Å²) in [5.74, 6) is -0.795. The lowest BCUT2D eigenvalue weighted by molar-refractivity contribution is 0.293. The maximum absolute atomic E-state index is 14.1. The molecule has 0 bridgehead atoms. The lowest BCUT2D eigenvalue weighted by atomic mass is 10.2. The van der Waals surface area contributed by atoms with Crippen LogP contribution in [0.5, 0.6) is 5.75 Å². The Balaban J connectivity index is 1.72. The minimum atomic E-state index is -3.99. The van der Waals surface area contributed by atoms with Crippen molar-refractivity contribution in [2.24, 2.45) is 0 Å². The van der Waals surface area contributed by atoms with E-state index in [9.17, 15) is 17.2 Å². The van der Waals surface area contributed by atoms with Crippen LogP contribution < -0.4 is 4.74 Å². The maximum atomic E-state index is 14.1. The van der Waals surface area contributed by atoms with Gasteiger partial charge in [-0.1, -0.05) is 0 Å². The van der Waals surface area contributed by atoms with Crippen molar-refractivity contribution in [1.82, 2.24) is 24.9 Å². The van der Waals surface area contributed by atoms with Gasteiger partial charge in [0.05, 0.1) is 10.5 Å². The number of nitrogens with one attached hydrogen (secondary N) is 1. The van der Waals surface area contributed by atoms with Crippen molar-refractivity contribution in [3.8, 4) is 17.1 Å². The number of hydrogen-bond acceptors (Lipinski definition) is 6. The number of aromatic nitrogens is 4. The van der Waals surface area contributed by atoms with Crippen molar-refractivity contribution in [2.75, 3.05) is 13.2 Å². The molecule has 3 aromatic rings. The zero-order valence-corrected chi connectivity index (χ0v) is 14.6. The van der Waals surface area contributed by atoms with Crippen LogP contribution in [0.25, 0.3) is 11.4 Å². The summed E-state index contributed by atoms with van der Waals surface area (Å²) in [6.07, 6.45) is 0. The zero-order chi connectivity index (χ0) is 19.0. The lowest BCUT2D eigenvalue weighted by Gasteiger charge is -2.20. The van der Waals surface area contributed by atoms with Crippen LogP contribution in [0.2, 0.25) is 0 Å². The number of halogens is 2. The van der Waals surface area contributed by atoms with Gasteiger partial charge in [0.2, 0.25) is 15.8 Å². The molecule has 1 aliphatic rings. The maximum Gasteiger partial charge on any atom is 0.243 e. The molecule has 140 valence electrons. The highest BCUT2D eigenvalue weighted by atomic mass is 32.2. The van der Waals surface area contributed by atoms with E-state index in [1.165, 1.54) is 18.2 Å². The molecule has 2 heterocycles. The number of rotatable bonds is 3. The molecular weight excluding hydrogens is 380 g/mol. The van der Waals surface area contributed by atoms with E-state index in [0.717, 1.165) is 22.5 Å². The van der Waals surface area contributed by atoms with Crippen LogP contribution >= 0.6 is 0 Å². The largest absolute Gasteiger partial charge is 0.492 e. The molecule has 0 saturated heterocycles. The Hall–Kier alpha value is -2.92. The fourth-order valence-corrected chi connectivity index (χ4v) is 4.23. The first-order valence-electron chi connectivity index (χ1n) is 7.90. The molecule has 8 nitrogen and oxygen atoms in total. The van der Waals surface area contributed by atoms with Crippen molar-refractivity contribution in [3.63, 3.8) is 0 Å². The van der Waals surface area contributed by atoms with Crippen LogP contribution in [-0.2, 0) is 16.6 Å². The average Bonchev–Trinajstić information content (AvgIpc) is 3.08. The summed E-state index contributed by atoms with van der Waals surface area (Å²) in [5.41, 5.74) is 0.318. The van der Waals surface area contributed by atoms with Crippen LogP contribution in [0.1, 0.15) is 5.56 Å². The Kier molecular flexibility index (Phi) is 4.32. The Morgan fingerprint density at radius 3 is 2.78 bits per heavy atom. The van der Waals surface area contributed by atoms with Crippen molar-refractivity contribution in [1.29, 1.82) is 0 Å². The number of nitrogens with zero attached hydrogens (tertiary/aromatic N) is 4. The molecule has 1 aliphatic heterocycles. The molecule has 0 aliphatic carbocycles. The second-order valence-electron chi connectivity index (χ2n) is 5.82. The van der Waals surface area contributed by atoms with Gasteiger partial charge < -0.3 is 4.74 Å². The third-order valence-electron chi connectivity index (χ3n) is 4.13. The van der Waals surface area contributed by atoms with Crippen LogP contribution in [0.15, 0.2) is 41.3 Å². The Labute approximate surface area is 152 Å². The Morgan fingerprint density at radius 1 is 1.15 bits per heavy atom. The second-order valence-corrected chi connectivity index (χ2v) is 7.75. The van der Waals surface area contributed by atoms with Crippen LogP contribution in [0, 0.1) is 11.6 Å². The average molecular weight is 393 g/mol. The highest BCUT2D eigenvalue weighted by Crippen LogP contribution is 2.29. The monoisotopic (exact) mass is 393 g/mol. The van der Waals surface area contributed by atoms with E-state index in [-0.39, 0.29) is 36.0 Å². The van der Waals surface area contributed by atoms with E-state index >= 15 is 0 Å². The molecule has 0 fully saturated rings. The first kappa shape index (κ1) is 17.5. The molecule has 4 rings (SSSR count). The molecule has 27 heavy (non-hydrogen) atoms. The minimum Gasteiger partial charge on any atom is -0.492 e. The molecule has 11 heteroatoms. The molecule has 0 unspecified atom stereocenters. The fraction of sp³-hybridized carbons (Fsp3) is 0.188. The molecule has 2 aromatic carbocycles. The number of ether oxygens (including phenoxy) is 1. The molecule has 1 N–H and O–H groups in total.